The van der Waals surface area contributed by atoms with Crippen molar-refractivity contribution in [2.24, 2.45) is 0 Å². The Labute approximate surface area is 313 Å². The molecule has 0 fully saturated rings. The molecule has 300 valence electrons. The first-order chi connectivity index (χ1) is 24.8. The van der Waals surface area contributed by atoms with Crippen LogP contribution in [0.2, 0.25) is 0 Å². The predicted molar refractivity (Wildman–Crippen MR) is 212 cm³/mol. The van der Waals surface area contributed by atoms with Crippen molar-refractivity contribution < 1.29 is 37.6 Å². The first-order valence-corrected chi connectivity index (χ1v) is 22.6. The van der Waals surface area contributed by atoms with Crippen molar-refractivity contribution in [2.75, 3.05) is 19.8 Å². The van der Waals surface area contributed by atoms with Gasteiger partial charge in [0.2, 0.25) is 0 Å². The molecule has 0 spiro atoms. The number of allylic oxidation sites excluding steroid dienone is 4. The number of rotatable bonds is 39. The Morgan fingerprint density at radius 3 is 1.33 bits per heavy atom. The van der Waals surface area contributed by atoms with E-state index in [2.05, 4.69) is 38.2 Å². The standard InChI is InChI=1S/C42H79O8P/c1-4-7-9-11-13-15-17-19-20-21-22-23-24-25-27-29-31-33-35-37-42(44)50-40(39-49-51(45,46)48-6-3)38-47-41(43)36-34-32-30-28-26-18-16-14-12-10-8-5-2/h14,16,19-20,40H,4-13,15,17-18,21-39H2,1-3H3,(H,45,46)/b16-14-,20-19-. The van der Waals surface area contributed by atoms with Gasteiger partial charge in [0.05, 0.1) is 13.2 Å². The van der Waals surface area contributed by atoms with Crippen molar-refractivity contribution >= 4 is 19.8 Å². The predicted octanol–water partition coefficient (Wildman–Crippen LogP) is 13.1. The molecule has 0 aliphatic carbocycles. The minimum absolute atomic E-state index is 0.0000360. The Bertz CT molecular complexity index is 890. The molecule has 1 N–H and O–H groups in total. The number of ether oxygens (including phenoxy) is 2. The summed E-state index contributed by atoms with van der Waals surface area (Å²) in [4.78, 5) is 34.7. The average Bonchev–Trinajstić information content (AvgIpc) is 3.10. The molecular formula is C42H79O8P. The second-order valence-electron chi connectivity index (χ2n) is 14.0. The van der Waals surface area contributed by atoms with Gasteiger partial charge in [0.15, 0.2) is 6.10 Å². The van der Waals surface area contributed by atoms with Gasteiger partial charge in [-0.25, -0.2) is 4.57 Å². The Balaban J connectivity index is 4.06. The largest absolute Gasteiger partial charge is 0.472 e. The molecule has 0 amide bonds. The van der Waals surface area contributed by atoms with Crippen LogP contribution in [0.4, 0.5) is 0 Å². The van der Waals surface area contributed by atoms with E-state index in [-0.39, 0.29) is 32.0 Å². The molecule has 0 aliphatic heterocycles. The van der Waals surface area contributed by atoms with Crippen LogP contribution in [0.15, 0.2) is 24.3 Å². The van der Waals surface area contributed by atoms with Gasteiger partial charge in [-0.05, 0) is 71.1 Å². The van der Waals surface area contributed by atoms with Gasteiger partial charge in [0.1, 0.15) is 6.61 Å². The highest BCUT2D eigenvalue weighted by molar-refractivity contribution is 7.47. The molecule has 51 heavy (non-hydrogen) atoms. The van der Waals surface area contributed by atoms with Gasteiger partial charge in [-0.1, -0.05) is 147 Å². The molecule has 0 saturated carbocycles. The van der Waals surface area contributed by atoms with Crippen LogP contribution in [0.5, 0.6) is 0 Å². The monoisotopic (exact) mass is 743 g/mol. The highest BCUT2D eigenvalue weighted by Crippen LogP contribution is 2.43. The summed E-state index contributed by atoms with van der Waals surface area (Å²) < 4.78 is 32.6. The van der Waals surface area contributed by atoms with Gasteiger partial charge in [-0.2, -0.15) is 0 Å². The van der Waals surface area contributed by atoms with Crippen molar-refractivity contribution in [1.29, 1.82) is 0 Å². The van der Waals surface area contributed by atoms with Crippen LogP contribution in [-0.4, -0.2) is 42.8 Å². The number of carbonyl (C=O) groups is 2. The number of carbonyl (C=O) groups excluding carboxylic acids is 2. The summed E-state index contributed by atoms with van der Waals surface area (Å²) in [6.07, 6.45) is 40.9. The van der Waals surface area contributed by atoms with Crippen molar-refractivity contribution in [3.05, 3.63) is 24.3 Å². The van der Waals surface area contributed by atoms with E-state index in [1.54, 1.807) is 6.92 Å². The quantitative estimate of drug-likeness (QED) is 0.0287. The van der Waals surface area contributed by atoms with E-state index in [9.17, 15) is 19.0 Å². The molecule has 2 unspecified atom stereocenters. The van der Waals surface area contributed by atoms with Crippen LogP contribution >= 0.6 is 7.82 Å². The Morgan fingerprint density at radius 1 is 0.510 bits per heavy atom. The molecule has 0 radical (unpaired) electrons. The van der Waals surface area contributed by atoms with Gasteiger partial charge in [-0.3, -0.25) is 18.6 Å². The van der Waals surface area contributed by atoms with E-state index in [1.807, 2.05) is 0 Å². The molecule has 0 heterocycles. The zero-order valence-corrected chi connectivity index (χ0v) is 34.2. The number of phosphoric acid groups is 1. The van der Waals surface area contributed by atoms with E-state index in [0.29, 0.717) is 6.42 Å². The summed E-state index contributed by atoms with van der Waals surface area (Å²) >= 11 is 0. The number of esters is 2. The van der Waals surface area contributed by atoms with Crippen LogP contribution in [-0.2, 0) is 32.7 Å². The summed E-state index contributed by atoms with van der Waals surface area (Å²) in [5.41, 5.74) is 0. The summed E-state index contributed by atoms with van der Waals surface area (Å²) in [7, 11) is -4.28. The van der Waals surface area contributed by atoms with E-state index in [0.717, 1.165) is 51.4 Å². The average molecular weight is 743 g/mol. The maximum atomic E-state index is 12.5. The fourth-order valence-corrected chi connectivity index (χ4v) is 6.61. The maximum Gasteiger partial charge on any atom is 0.472 e. The van der Waals surface area contributed by atoms with E-state index in [1.165, 1.54) is 116 Å². The lowest BCUT2D eigenvalue weighted by atomic mass is 10.1. The van der Waals surface area contributed by atoms with Crippen LogP contribution in [0.3, 0.4) is 0 Å². The molecule has 8 nitrogen and oxygen atoms in total. The van der Waals surface area contributed by atoms with Crippen LogP contribution in [0, 0.1) is 0 Å². The third kappa shape index (κ3) is 38.1. The van der Waals surface area contributed by atoms with Crippen molar-refractivity contribution in [3.63, 3.8) is 0 Å². The summed E-state index contributed by atoms with van der Waals surface area (Å²) in [6, 6.07) is 0. The maximum absolute atomic E-state index is 12.5. The Hall–Kier alpha value is -1.47. The smallest absolute Gasteiger partial charge is 0.462 e. The van der Waals surface area contributed by atoms with Gasteiger partial charge in [-0.15, -0.1) is 0 Å². The Kier molecular flexibility index (Phi) is 37.2. The Morgan fingerprint density at radius 2 is 0.882 bits per heavy atom. The van der Waals surface area contributed by atoms with Crippen LogP contribution < -0.4 is 0 Å². The lowest BCUT2D eigenvalue weighted by Crippen LogP contribution is -2.29. The van der Waals surface area contributed by atoms with Crippen molar-refractivity contribution in [1.82, 2.24) is 0 Å². The second-order valence-corrected chi connectivity index (χ2v) is 15.5. The normalized spacial score (nSPS) is 13.6. The number of hydrogen-bond donors (Lipinski definition) is 1. The molecule has 0 saturated heterocycles. The number of phosphoric ester groups is 1. The summed E-state index contributed by atoms with van der Waals surface area (Å²) in [5.74, 6) is -0.806. The summed E-state index contributed by atoms with van der Waals surface area (Å²) in [6.45, 7) is 5.44. The minimum Gasteiger partial charge on any atom is -0.462 e. The first kappa shape index (κ1) is 49.5. The third-order valence-electron chi connectivity index (χ3n) is 8.98. The van der Waals surface area contributed by atoms with Gasteiger partial charge in [0, 0.05) is 12.8 Å². The first-order valence-electron chi connectivity index (χ1n) is 21.1. The van der Waals surface area contributed by atoms with Crippen molar-refractivity contribution in [3.8, 4) is 0 Å². The lowest BCUT2D eigenvalue weighted by molar-refractivity contribution is -0.161. The second kappa shape index (κ2) is 38.3. The lowest BCUT2D eigenvalue weighted by Gasteiger charge is -2.19. The molecule has 0 aromatic carbocycles. The van der Waals surface area contributed by atoms with Gasteiger partial charge >= 0.3 is 19.8 Å². The number of hydrogen-bond acceptors (Lipinski definition) is 7. The third-order valence-corrected chi connectivity index (χ3v) is 10.0. The molecule has 2 atom stereocenters. The molecule has 9 heteroatoms. The zero-order chi connectivity index (χ0) is 37.5. The SMILES string of the molecule is CCCCC/C=C\CCCCCCCC(=O)OCC(COP(=O)(O)OCC)OC(=O)CCCCCCCCCCC/C=C\CCCCCCCC. The fraction of sp³-hybridized carbons (Fsp3) is 0.857. The van der Waals surface area contributed by atoms with E-state index in [4.69, 9.17) is 18.5 Å². The minimum atomic E-state index is -4.28. The molecular weight excluding hydrogens is 663 g/mol. The fourth-order valence-electron chi connectivity index (χ4n) is 5.85. The summed E-state index contributed by atoms with van der Waals surface area (Å²) in [5, 5.41) is 0. The molecule has 0 aliphatic rings. The van der Waals surface area contributed by atoms with Crippen molar-refractivity contribution in [2.45, 2.75) is 213 Å². The van der Waals surface area contributed by atoms with E-state index < -0.39 is 26.5 Å². The van der Waals surface area contributed by atoms with E-state index >= 15 is 0 Å². The van der Waals surface area contributed by atoms with Crippen LogP contribution in [0.1, 0.15) is 207 Å². The molecule has 0 rings (SSSR count). The molecule has 0 aromatic heterocycles. The molecule has 0 bridgehead atoms. The van der Waals surface area contributed by atoms with Crippen LogP contribution in [0.25, 0.3) is 0 Å². The topological polar surface area (TPSA) is 108 Å². The zero-order valence-electron chi connectivity index (χ0n) is 33.3. The molecule has 0 aromatic rings. The van der Waals surface area contributed by atoms with Gasteiger partial charge < -0.3 is 14.4 Å². The number of unbranched alkanes of at least 4 members (excludes halogenated alkanes) is 23. The van der Waals surface area contributed by atoms with Gasteiger partial charge in [0.25, 0.3) is 0 Å². The highest BCUT2D eigenvalue weighted by Gasteiger charge is 2.25. The highest BCUT2D eigenvalue weighted by atomic mass is 31.2.